The highest BCUT2D eigenvalue weighted by Gasteiger charge is 2.09. The molecule has 0 saturated heterocycles. The topological polar surface area (TPSA) is 78.0 Å². The Kier molecular flexibility index (Phi) is 1.71. The third kappa shape index (κ3) is 1.49. The van der Waals surface area contributed by atoms with E-state index in [1.807, 2.05) is 0 Å². The Bertz CT molecular complexity index is 327. The molecular formula is C3H5N3O2S2. The largest absolute Gasteiger partial charge is 0.257 e. The molecule has 1 rings (SSSR count). The molecule has 0 radical (unpaired) electrons. The summed E-state index contributed by atoms with van der Waals surface area (Å²) in [5, 5.41) is 8.00. The second-order valence-corrected chi connectivity index (χ2v) is 3.54. The minimum absolute atomic E-state index is 0.178. The minimum atomic E-state index is -3.66. The van der Waals surface area contributed by atoms with Crippen molar-refractivity contribution in [2.45, 2.75) is 5.03 Å². The SMILES string of the molecule is NS(=O)(=O)c1ccn(S)n1. The number of aromatic nitrogens is 2. The van der Waals surface area contributed by atoms with Crippen molar-refractivity contribution in [3.8, 4) is 0 Å². The third-order valence-corrected chi connectivity index (χ3v) is 1.87. The van der Waals surface area contributed by atoms with Crippen LogP contribution in [0.5, 0.6) is 0 Å². The van der Waals surface area contributed by atoms with E-state index in [4.69, 9.17) is 5.14 Å². The molecule has 1 aromatic heterocycles. The number of hydrogen-bond donors (Lipinski definition) is 2. The summed E-state index contributed by atoms with van der Waals surface area (Å²) in [4.78, 5) is 0. The fourth-order valence-electron chi connectivity index (χ4n) is 0.450. The first-order chi connectivity index (χ1) is 4.50. The lowest BCUT2D eigenvalue weighted by molar-refractivity contribution is 0.593. The standard InChI is InChI=1S/C3H5N3O2S2/c4-10(7,8)3-1-2-6(9)5-3/h1-2,9H,(H2,4,7,8). The Labute approximate surface area is 63.4 Å². The summed E-state index contributed by atoms with van der Waals surface area (Å²) in [6, 6.07) is 1.27. The Morgan fingerprint density at radius 3 is 2.50 bits per heavy atom. The predicted octanol–water partition coefficient (Wildman–Crippen LogP) is -0.777. The van der Waals surface area contributed by atoms with Gasteiger partial charge in [0.1, 0.15) is 0 Å². The Morgan fingerprint density at radius 2 is 2.30 bits per heavy atom. The molecule has 0 aliphatic rings. The van der Waals surface area contributed by atoms with Crippen LogP contribution in [-0.2, 0) is 10.0 Å². The van der Waals surface area contributed by atoms with Crippen molar-refractivity contribution in [3.63, 3.8) is 0 Å². The van der Waals surface area contributed by atoms with Crippen molar-refractivity contribution in [2.24, 2.45) is 5.14 Å². The van der Waals surface area contributed by atoms with Crippen LogP contribution in [0.25, 0.3) is 0 Å². The second-order valence-electron chi connectivity index (χ2n) is 1.62. The highest BCUT2D eigenvalue weighted by atomic mass is 32.2. The van der Waals surface area contributed by atoms with Crippen molar-refractivity contribution in [1.82, 2.24) is 9.19 Å². The van der Waals surface area contributed by atoms with Crippen LogP contribution in [0.4, 0.5) is 0 Å². The summed E-state index contributed by atoms with van der Waals surface area (Å²) in [6.45, 7) is 0. The number of sulfonamides is 1. The molecular weight excluding hydrogens is 174 g/mol. The van der Waals surface area contributed by atoms with E-state index in [1.54, 1.807) is 0 Å². The molecule has 56 valence electrons. The van der Waals surface area contributed by atoms with Gasteiger partial charge in [-0.2, -0.15) is 0 Å². The van der Waals surface area contributed by atoms with Crippen LogP contribution >= 0.6 is 12.8 Å². The molecule has 0 amide bonds. The van der Waals surface area contributed by atoms with Gasteiger partial charge in [-0.25, -0.2) is 17.6 Å². The van der Waals surface area contributed by atoms with Crippen molar-refractivity contribution < 1.29 is 8.42 Å². The van der Waals surface area contributed by atoms with Gasteiger partial charge in [0.15, 0.2) is 5.03 Å². The maximum Gasteiger partial charge on any atom is 0.257 e. The van der Waals surface area contributed by atoms with Gasteiger partial charge in [-0.1, -0.05) is 0 Å². The fraction of sp³-hybridized carbons (Fsp3) is 0. The van der Waals surface area contributed by atoms with Crippen molar-refractivity contribution >= 4 is 22.8 Å². The van der Waals surface area contributed by atoms with Crippen LogP contribution in [0.3, 0.4) is 0 Å². The van der Waals surface area contributed by atoms with Crippen LogP contribution in [0, 0.1) is 0 Å². The Balaban J connectivity index is 3.21. The lowest BCUT2D eigenvalue weighted by atomic mass is 10.8. The molecule has 0 aliphatic carbocycles. The maximum absolute atomic E-state index is 10.5. The summed E-state index contributed by atoms with van der Waals surface area (Å²) in [5.74, 6) is 0. The van der Waals surface area contributed by atoms with Crippen LogP contribution in [0.2, 0.25) is 0 Å². The van der Waals surface area contributed by atoms with Crippen molar-refractivity contribution in [3.05, 3.63) is 12.3 Å². The summed E-state index contributed by atoms with van der Waals surface area (Å²) in [6.07, 6.45) is 1.38. The third-order valence-electron chi connectivity index (χ3n) is 0.843. The monoisotopic (exact) mass is 179 g/mol. The lowest BCUT2D eigenvalue weighted by Crippen LogP contribution is -2.12. The summed E-state index contributed by atoms with van der Waals surface area (Å²) < 4.78 is 22.1. The minimum Gasteiger partial charge on any atom is -0.223 e. The zero-order valence-corrected chi connectivity index (χ0v) is 6.51. The summed E-state index contributed by atoms with van der Waals surface area (Å²) in [5.41, 5.74) is 0. The summed E-state index contributed by atoms with van der Waals surface area (Å²) in [7, 11) is -3.66. The van der Waals surface area contributed by atoms with E-state index in [9.17, 15) is 8.42 Å². The number of thiol groups is 1. The average Bonchev–Trinajstić information content (AvgIpc) is 2.11. The average molecular weight is 179 g/mol. The van der Waals surface area contributed by atoms with Gasteiger partial charge in [0.25, 0.3) is 10.0 Å². The first-order valence-electron chi connectivity index (χ1n) is 2.28. The zero-order chi connectivity index (χ0) is 7.78. The lowest BCUT2D eigenvalue weighted by Gasteiger charge is -1.87. The molecule has 0 saturated carbocycles. The van der Waals surface area contributed by atoms with E-state index in [2.05, 4.69) is 17.9 Å². The van der Waals surface area contributed by atoms with E-state index in [0.717, 1.165) is 4.09 Å². The maximum atomic E-state index is 10.5. The number of primary sulfonamides is 1. The molecule has 0 aromatic carbocycles. The molecule has 0 bridgehead atoms. The molecule has 0 aliphatic heterocycles. The van der Waals surface area contributed by atoms with Gasteiger partial charge in [-0.3, -0.25) is 0 Å². The molecule has 0 spiro atoms. The van der Waals surface area contributed by atoms with Gasteiger partial charge in [0.05, 0.1) is 0 Å². The molecule has 0 atom stereocenters. The molecule has 0 fully saturated rings. The van der Waals surface area contributed by atoms with Gasteiger partial charge in [0, 0.05) is 6.20 Å². The van der Waals surface area contributed by atoms with Gasteiger partial charge in [-0.15, -0.1) is 5.10 Å². The van der Waals surface area contributed by atoms with Gasteiger partial charge in [-0.05, 0) is 18.9 Å². The number of nitrogens with zero attached hydrogens (tertiary/aromatic N) is 2. The Morgan fingerprint density at radius 1 is 1.70 bits per heavy atom. The van der Waals surface area contributed by atoms with E-state index < -0.39 is 10.0 Å². The van der Waals surface area contributed by atoms with Gasteiger partial charge < -0.3 is 0 Å². The highest BCUT2D eigenvalue weighted by molar-refractivity contribution is 7.89. The van der Waals surface area contributed by atoms with E-state index in [-0.39, 0.29) is 5.03 Å². The van der Waals surface area contributed by atoms with E-state index >= 15 is 0 Å². The molecule has 0 unspecified atom stereocenters. The van der Waals surface area contributed by atoms with Crippen LogP contribution < -0.4 is 5.14 Å². The normalized spacial score (nSPS) is 11.8. The number of rotatable bonds is 1. The molecule has 7 heteroatoms. The van der Waals surface area contributed by atoms with Crippen molar-refractivity contribution in [2.75, 3.05) is 0 Å². The molecule has 10 heavy (non-hydrogen) atoms. The van der Waals surface area contributed by atoms with E-state index in [0.29, 0.717) is 0 Å². The smallest absolute Gasteiger partial charge is 0.223 e. The predicted molar refractivity (Wildman–Crippen MR) is 38.0 cm³/mol. The molecule has 2 N–H and O–H groups in total. The quantitative estimate of drug-likeness (QED) is 0.555. The number of hydrogen-bond acceptors (Lipinski definition) is 4. The van der Waals surface area contributed by atoms with Crippen molar-refractivity contribution in [1.29, 1.82) is 0 Å². The summed E-state index contributed by atoms with van der Waals surface area (Å²) >= 11 is 3.72. The zero-order valence-electron chi connectivity index (χ0n) is 4.80. The first kappa shape index (κ1) is 7.58. The van der Waals surface area contributed by atoms with Crippen LogP contribution in [0.1, 0.15) is 0 Å². The Hall–Kier alpha value is -0.530. The van der Waals surface area contributed by atoms with Crippen LogP contribution in [-0.4, -0.2) is 17.6 Å². The molecule has 1 aromatic rings. The van der Waals surface area contributed by atoms with Crippen LogP contribution in [0.15, 0.2) is 17.3 Å². The van der Waals surface area contributed by atoms with E-state index in [1.165, 1.54) is 12.3 Å². The van der Waals surface area contributed by atoms with Gasteiger partial charge >= 0.3 is 0 Å². The number of nitrogens with two attached hydrogens (primary N) is 1. The molecule has 1 heterocycles. The highest BCUT2D eigenvalue weighted by Crippen LogP contribution is 2.01. The first-order valence-corrected chi connectivity index (χ1v) is 4.22. The van der Waals surface area contributed by atoms with Gasteiger partial charge in [0.2, 0.25) is 0 Å². The molecule has 5 nitrogen and oxygen atoms in total. The fourth-order valence-corrected chi connectivity index (χ4v) is 1.13. The second kappa shape index (κ2) is 2.26.